The van der Waals surface area contributed by atoms with Gasteiger partial charge in [-0.05, 0) is 32.6 Å². The van der Waals surface area contributed by atoms with E-state index in [0.29, 0.717) is 17.9 Å². The lowest BCUT2D eigenvalue weighted by molar-refractivity contribution is -0.189. The summed E-state index contributed by atoms with van der Waals surface area (Å²) in [5, 5.41) is 2.77. The standard InChI is InChI=1S/C14H20F3N3O/c1-3-12(21)20-10(11-8-18-9(2)19-11)4-5-13(6-7-13)14(15,16)17/h8,10H,3-7H2,1-2H3,(H,18,19)(H,20,21). The second-order valence-electron chi connectivity index (χ2n) is 5.71. The van der Waals surface area contributed by atoms with Crippen molar-refractivity contribution in [2.24, 2.45) is 5.41 Å². The van der Waals surface area contributed by atoms with Gasteiger partial charge in [0.15, 0.2) is 0 Å². The maximum Gasteiger partial charge on any atom is 0.394 e. The van der Waals surface area contributed by atoms with Crippen LogP contribution in [-0.2, 0) is 4.79 Å². The number of carbonyl (C=O) groups excluding carboxylic acids is 1. The molecule has 0 radical (unpaired) electrons. The van der Waals surface area contributed by atoms with Crippen LogP contribution in [0.25, 0.3) is 0 Å². The minimum atomic E-state index is -4.16. The van der Waals surface area contributed by atoms with Crippen LogP contribution in [0.5, 0.6) is 0 Å². The summed E-state index contributed by atoms with van der Waals surface area (Å²) >= 11 is 0. The summed E-state index contributed by atoms with van der Waals surface area (Å²) in [6.07, 6.45) is -1.62. The maximum atomic E-state index is 13.0. The first-order valence-electron chi connectivity index (χ1n) is 7.15. The predicted octanol–water partition coefficient (Wildman–Crippen LogP) is 3.41. The van der Waals surface area contributed by atoms with Crippen LogP contribution >= 0.6 is 0 Å². The van der Waals surface area contributed by atoms with Crippen molar-refractivity contribution in [2.45, 2.75) is 58.2 Å². The second kappa shape index (κ2) is 5.69. The van der Waals surface area contributed by atoms with E-state index in [-0.39, 0.29) is 31.6 Å². The van der Waals surface area contributed by atoms with E-state index in [1.165, 1.54) is 0 Å². The molecule has 2 rings (SSSR count). The highest BCUT2D eigenvalue weighted by atomic mass is 19.4. The quantitative estimate of drug-likeness (QED) is 0.846. The molecule has 4 nitrogen and oxygen atoms in total. The van der Waals surface area contributed by atoms with E-state index in [1.54, 1.807) is 20.0 Å². The van der Waals surface area contributed by atoms with E-state index in [0.717, 1.165) is 0 Å². The molecule has 0 aliphatic heterocycles. The van der Waals surface area contributed by atoms with Crippen molar-refractivity contribution in [3.8, 4) is 0 Å². The molecule has 118 valence electrons. The van der Waals surface area contributed by atoms with E-state index in [4.69, 9.17) is 0 Å². The van der Waals surface area contributed by atoms with E-state index in [2.05, 4.69) is 15.3 Å². The minimum Gasteiger partial charge on any atom is -0.348 e. The number of nitrogens with zero attached hydrogens (tertiary/aromatic N) is 1. The van der Waals surface area contributed by atoms with Gasteiger partial charge in [0, 0.05) is 6.42 Å². The van der Waals surface area contributed by atoms with Crippen LogP contribution in [0.15, 0.2) is 6.20 Å². The molecule has 1 aliphatic rings. The molecule has 1 amide bonds. The predicted molar refractivity (Wildman–Crippen MR) is 71.5 cm³/mol. The van der Waals surface area contributed by atoms with Crippen molar-refractivity contribution in [2.75, 3.05) is 0 Å². The molecule has 0 aromatic carbocycles. The van der Waals surface area contributed by atoms with Crippen LogP contribution in [0, 0.1) is 12.3 Å². The Morgan fingerprint density at radius 3 is 2.62 bits per heavy atom. The van der Waals surface area contributed by atoms with Crippen molar-refractivity contribution >= 4 is 5.91 Å². The number of alkyl halides is 3. The highest BCUT2D eigenvalue weighted by Gasteiger charge is 2.62. The lowest BCUT2D eigenvalue weighted by Gasteiger charge is -2.23. The SMILES string of the molecule is CCC(=O)NC(CCC1(C(F)(F)F)CC1)c1cnc(C)[nH]1. The summed E-state index contributed by atoms with van der Waals surface area (Å²) < 4.78 is 38.9. The van der Waals surface area contributed by atoms with Gasteiger partial charge in [0.1, 0.15) is 5.82 Å². The Labute approximate surface area is 121 Å². The summed E-state index contributed by atoms with van der Waals surface area (Å²) in [5.41, 5.74) is -0.885. The first-order chi connectivity index (χ1) is 9.77. The van der Waals surface area contributed by atoms with Gasteiger partial charge in [-0.15, -0.1) is 0 Å². The van der Waals surface area contributed by atoms with E-state index >= 15 is 0 Å². The third-order valence-corrected chi connectivity index (χ3v) is 4.12. The normalized spacial score (nSPS) is 18.3. The number of H-pyrrole nitrogens is 1. The molecule has 0 bridgehead atoms. The molecule has 21 heavy (non-hydrogen) atoms. The number of amides is 1. The van der Waals surface area contributed by atoms with Gasteiger partial charge in [0.05, 0.1) is 23.3 Å². The van der Waals surface area contributed by atoms with Gasteiger partial charge in [-0.3, -0.25) is 4.79 Å². The van der Waals surface area contributed by atoms with Gasteiger partial charge in [-0.1, -0.05) is 6.92 Å². The zero-order valence-corrected chi connectivity index (χ0v) is 12.2. The molecule has 0 spiro atoms. The number of imidazole rings is 1. The molecular formula is C14H20F3N3O. The average molecular weight is 303 g/mol. The fourth-order valence-corrected chi connectivity index (χ4v) is 2.47. The molecule has 1 unspecified atom stereocenters. The smallest absolute Gasteiger partial charge is 0.348 e. The van der Waals surface area contributed by atoms with Gasteiger partial charge >= 0.3 is 6.18 Å². The Morgan fingerprint density at radius 1 is 1.52 bits per heavy atom. The molecule has 1 aliphatic carbocycles. The third kappa shape index (κ3) is 3.57. The highest BCUT2D eigenvalue weighted by Crippen LogP contribution is 2.60. The number of hydrogen-bond acceptors (Lipinski definition) is 2. The number of halogens is 3. The fraction of sp³-hybridized carbons (Fsp3) is 0.714. The largest absolute Gasteiger partial charge is 0.394 e. The molecule has 1 heterocycles. The van der Waals surface area contributed by atoms with Crippen LogP contribution in [0.2, 0.25) is 0 Å². The monoisotopic (exact) mass is 303 g/mol. The van der Waals surface area contributed by atoms with E-state index in [9.17, 15) is 18.0 Å². The summed E-state index contributed by atoms with van der Waals surface area (Å²) in [6.45, 7) is 3.48. The first kappa shape index (κ1) is 15.9. The van der Waals surface area contributed by atoms with Crippen molar-refractivity contribution < 1.29 is 18.0 Å². The molecule has 1 saturated carbocycles. The number of aromatic nitrogens is 2. The Hall–Kier alpha value is -1.53. The van der Waals surface area contributed by atoms with Crippen LogP contribution < -0.4 is 5.32 Å². The van der Waals surface area contributed by atoms with Gasteiger partial charge in [0.25, 0.3) is 0 Å². The second-order valence-corrected chi connectivity index (χ2v) is 5.71. The lowest BCUT2D eigenvalue weighted by Crippen LogP contribution is -2.31. The highest BCUT2D eigenvalue weighted by molar-refractivity contribution is 5.75. The van der Waals surface area contributed by atoms with Crippen molar-refractivity contribution in [1.29, 1.82) is 0 Å². The van der Waals surface area contributed by atoms with Gasteiger partial charge in [-0.25, -0.2) is 4.98 Å². The van der Waals surface area contributed by atoms with Crippen molar-refractivity contribution in [3.05, 3.63) is 17.7 Å². The summed E-state index contributed by atoms with van der Waals surface area (Å²) in [6, 6.07) is -0.446. The van der Waals surface area contributed by atoms with Gasteiger partial charge in [-0.2, -0.15) is 13.2 Å². The maximum absolute atomic E-state index is 13.0. The van der Waals surface area contributed by atoms with Crippen LogP contribution in [0.1, 0.15) is 56.6 Å². The van der Waals surface area contributed by atoms with Gasteiger partial charge in [0.2, 0.25) is 5.91 Å². The number of hydrogen-bond donors (Lipinski definition) is 2. The molecule has 1 aromatic heterocycles. The molecule has 7 heteroatoms. The summed E-state index contributed by atoms with van der Waals surface area (Å²) in [7, 11) is 0. The summed E-state index contributed by atoms with van der Waals surface area (Å²) in [4.78, 5) is 18.6. The van der Waals surface area contributed by atoms with E-state index in [1.807, 2.05) is 0 Å². The number of aromatic amines is 1. The molecule has 1 atom stereocenters. The Bertz CT molecular complexity index is 506. The lowest BCUT2D eigenvalue weighted by atomic mass is 9.95. The first-order valence-corrected chi connectivity index (χ1v) is 7.15. The molecule has 1 fully saturated rings. The van der Waals surface area contributed by atoms with Crippen molar-refractivity contribution in [3.63, 3.8) is 0 Å². The number of carbonyl (C=O) groups is 1. The average Bonchev–Trinajstić information content (AvgIpc) is 3.10. The topological polar surface area (TPSA) is 57.8 Å². The van der Waals surface area contributed by atoms with Gasteiger partial charge < -0.3 is 10.3 Å². The molecule has 0 saturated heterocycles. The van der Waals surface area contributed by atoms with E-state index < -0.39 is 17.6 Å². The summed E-state index contributed by atoms with van der Waals surface area (Å²) in [5.74, 6) is 0.502. The van der Waals surface area contributed by atoms with Crippen LogP contribution in [-0.4, -0.2) is 22.1 Å². The fourth-order valence-electron chi connectivity index (χ4n) is 2.47. The zero-order chi connectivity index (χ0) is 15.7. The number of aryl methyl sites for hydroxylation is 1. The van der Waals surface area contributed by atoms with Crippen molar-refractivity contribution in [1.82, 2.24) is 15.3 Å². The Morgan fingerprint density at radius 2 is 2.19 bits per heavy atom. The molecular weight excluding hydrogens is 283 g/mol. The van der Waals surface area contributed by atoms with Crippen LogP contribution in [0.3, 0.4) is 0 Å². The number of nitrogens with one attached hydrogen (secondary N) is 2. The van der Waals surface area contributed by atoms with Crippen LogP contribution in [0.4, 0.5) is 13.2 Å². The zero-order valence-electron chi connectivity index (χ0n) is 12.2. The molecule has 1 aromatic rings. The third-order valence-electron chi connectivity index (χ3n) is 4.12. The Balaban J connectivity index is 2.05. The Kier molecular flexibility index (Phi) is 4.30. The molecule has 2 N–H and O–H groups in total. The minimum absolute atomic E-state index is 0.0310. The number of rotatable bonds is 6.